The van der Waals surface area contributed by atoms with Crippen molar-refractivity contribution in [3.63, 3.8) is 0 Å². The summed E-state index contributed by atoms with van der Waals surface area (Å²) in [4.78, 5) is 24.1. The smallest absolute Gasteiger partial charge is 0.394 e. The van der Waals surface area contributed by atoms with Gasteiger partial charge in [-0.3, -0.25) is 9.59 Å². The van der Waals surface area contributed by atoms with Gasteiger partial charge < -0.3 is 10.0 Å². The van der Waals surface area contributed by atoms with Crippen molar-refractivity contribution < 1.29 is 36.3 Å². The maximum atomic E-state index is 12.9. The topological polar surface area (TPSA) is 91.8 Å². The minimum Gasteiger partial charge on any atom is -0.481 e. The number of carbonyl (C=O) groups is 2. The zero-order valence-electron chi connectivity index (χ0n) is 12.5. The number of amides is 1. The number of carboxylic acids is 1. The van der Waals surface area contributed by atoms with Crippen molar-refractivity contribution in [1.29, 1.82) is 0 Å². The minimum absolute atomic E-state index is 0.156. The highest BCUT2D eigenvalue weighted by molar-refractivity contribution is 7.90. The van der Waals surface area contributed by atoms with Gasteiger partial charge in [-0.1, -0.05) is 0 Å². The molecule has 132 valence electrons. The highest BCUT2D eigenvalue weighted by Gasteiger charge is 2.55. The Hall–Kier alpha value is -1.32. The van der Waals surface area contributed by atoms with Crippen molar-refractivity contribution in [2.45, 2.75) is 25.4 Å². The van der Waals surface area contributed by atoms with Crippen LogP contribution in [0.3, 0.4) is 0 Å². The molecule has 0 unspecified atom stereocenters. The molecule has 0 aromatic carbocycles. The summed E-state index contributed by atoms with van der Waals surface area (Å²) in [5.74, 6) is -6.13. The molecule has 0 aromatic rings. The van der Waals surface area contributed by atoms with Crippen molar-refractivity contribution >= 4 is 21.7 Å². The first kappa shape index (κ1) is 18.0. The van der Waals surface area contributed by atoms with E-state index in [-0.39, 0.29) is 12.2 Å². The molecule has 2 rings (SSSR count). The third-order valence-corrected chi connectivity index (χ3v) is 5.60. The second-order valence-corrected chi connectivity index (χ2v) is 8.78. The molecule has 2 atom stereocenters. The van der Waals surface area contributed by atoms with Crippen molar-refractivity contribution in [1.82, 2.24) is 4.90 Å². The number of alkyl halides is 3. The molecular weight excluding hydrogens is 339 g/mol. The van der Waals surface area contributed by atoms with E-state index in [0.717, 1.165) is 11.2 Å². The lowest BCUT2D eigenvalue weighted by Gasteiger charge is -2.21. The largest absolute Gasteiger partial charge is 0.481 e. The van der Waals surface area contributed by atoms with E-state index >= 15 is 0 Å². The molecule has 0 spiro atoms. The monoisotopic (exact) mass is 357 g/mol. The lowest BCUT2D eigenvalue weighted by molar-refractivity contribution is -0.188. The van der Waals surface area contributed by atoms with E-state index in [1.165, 1.54) is 0 Å². The van der Waals surface area contributed by atoms with Crippen LogP contribution in [0.1, 0.15) is 19.3 Å². The molecule has 0 aromatic heterocycles. The van der Waals surface area contributed by atoms with Crippen molar-refractivity contribution in [3.05, 3.63) is 0 Å². The Kier molecular flexibility index (Phi) is 4.42. The third-order valence-electron chi connectivity index (χ3n) is 4.46. The summed E-state index contributed by atoms with van der Waals surface area (Å²) in [5, 5.41) is 8.93. The Morgan fingerprint density at radius 3 is 2.17 bits per heavy atom. The van der Waals surface area contributed by atoms with Crippen LogP contribution in [-0.2, 0) is 19.4 Å². The lowest BCUT2D eigenvalue weighted by atomic mass is 9.96. The summed E-state index contributed by atoms with van der Waals surface area (Å²) in [7, 11) is -3.29. The summed E-state index contributed by atoms with van der Waals surface area (Å²) in [5.41, 5.74) is -0.695. The van der Waals surface area contributed by atoms with Crippen LogP contribution in [0.4, 0.5) is 13.2 Å². The van der Waals surface area contributed by atoms with E-state index in [1.54, 1.807) is 0 Å². The number of halogens is 3. The van der Waals surface area contributed by atoms with Crippen LogP contribution < -0.4 is 0 Å². The van der Waals surface area contributed by atoms with E-state index in [4.69, 9.17) is 5.11 Å². The average molecular weight is 357 g/mol. The van der Waals surface area contributed by atoms with E-state index in [1.807, 2.05) is 0 Å². The number of rotatable bonds is 5. The molecule has 1 aliphatic heterocycles. The number of sulfone groups is 1. The Labute approximate surface area is 131 Å². The molecule has 1 amide bonds. The fraction of sp³-hybridized carbons (Fsp3) is 0.846. The maximum Gasteiger partial charge on any atom is 0.394 e. The predicted octanol–water partition coefficient (Wildman–Crippen LogP) is 0.923. The summed E-state index contributed by atoms with van der Waals surface area (Å²) >= 11 is 0. The van der Waals surface area contributed by atoms with Gasteiger partial charge in [-0.15, -0.1) is 0 Å². The lowest BCUT2D eigenvalue weighted by Crippen LogP contribution is -2.34. The first-order valence-electron chi connectivity index (χ1n) is 7.08. The van der Waals surface area contributed by atoms with E-state index in [9.17, 15) is 31.2 Å². The van der Waals surface area contributed by atoms with Crippen molar-refractivity contribution in [2.24, 2.45) is 17.3 Å². The van der Waals surface area contributed by atoms with Gasteiger partial charge in [0.2, 0.25) is 5.91 Å². The van der Waals surface area contributed by atoms with Crippen LogP contribution >= 0.6 is 0 Å². The van der Waals surface area contributed by atoms with E-state index in [0.29, 0.717) is 12.8 Å². The van der Waals surface area contributed by atoms with Crippen molar-refractivity contribution in [2.75, 3.05) is 25.1 Å². The molecule has 23 heavy (non-hydrogen) atoms. The standard InChI is InChI=1S/C13H18F3NO5S/c1-23(21,22)7-12(2-3-12)4-10(18)17-5-8(11(19)20)9(6-17)13(14,15)16/h8-9H,2-7H2,1H3,(H,19,20)/t8-,9-/m1/s1. The third kappa shape index (κ3) is 4.36. The molecule has 1 saturated heterocycles. The number of carboxylic acid groups (broad SMARTS) is 1. The van der Waals surface area contributed by atoms with Crippen molar-refractivity contribution in [3.8, 4) is 0 Å². The molecule has 1 N–H and O–H groups in total. The van der Waals surface area contributed by atoms with Gasteiger partial charge in [-0.2, -0.15) is 13.2 Å². The molecule has 10 heteroatoms. The molecule has 2 fully saturated rings. The first-order valence-corrected chi connectivity index (χ1v) is 9.14. The quantitative estimate of drug-likeness (QED) is 0.790. The predicted molar refractivity (Wildman–Crippen MR) is 73.2 cm³/mol. The number of hydrogen-bond donors (Lipinski definition) is 1. The molecule has 2 aliphatic rings. The fourth-order valence-corrected chi connectivity index (χ4v) is 4.63. The van der Waals surface area contributed by atoms with E-state index < -0.39 is 58.2 Å². The van der Waals surface area contributed by atoms with Gasteiger partial charge >= 0.3 is 12.1 Å². The average Bonchev–Trinajstić information content (AvgIpc) is 2.90. The van der Waals surface area contributed by atoms with Gasteiger partial charge in [0.15, 0.2) is 0 Å². The minimum atomic E-state index is -4.69. The zero-order valence-corrected chi connectivity index (χ0v) is 13.3. The number of hydrogen-bond acceptors (Lipinski definition) is 4. The van der Waals surface area contributed by atoms with Gasteiger partial charge in [0.05, 0.1) is 17.6 Å². The Bertz CT molecular complexity index is 612. The molecule has 1 heterocycles. The Balaban J connectivity index is 2.05. The molecule has 0 radical (unpaired) electrons. The van der Waals surface area contributed by atoms with Gasteiger partial charge in [0, 0.05) is 25.8 Å². The van der Waals surface area contributed by atoms with Gasteiger partial charge in [-0.25, -0.2) is 8.42 Å². The summed E-state index contributed by atoms with van der Waals surface area (Å²) in [6, 6.07) is 0. The van der Waals surface area contributed by atoms with Gasteiger partial charge in [0.1, 0.15) is 9.84 Å². The van der Waals surface area contributed by atoms with Crippen LogP contribution in [0.5, 0.6) is 0 Å². The van der Waals surface area contributed by atoms with Crippen LogP contribution in [-0.4, -0.2) is 61.6 Å². The second-order valence-electron chi connectivity index (χ2n) is 6.64. The van der Waals surface area contributed by atoms with Crippen LogP contribution in [0.25, 0.3) is 0 Å². The number of likely N-dealkylation sites (tertiary alicyclic amines) is 1. The Morgan fingerprint density at radius 2 is 1.83 bits per heavy atom. The summed E-state index contributed by atoms with van der Waals surface area (Å²) in [6.07, 6.45) is -2.73. The maximum absolute atomic E-state index is 12.9. The number of nitrogens with zero attached hydrogens (tertiary/aromatic N) is 1. The molecule has 6 nitrogen and oxygen atoms in total. The fourth-order valence-electron chi connectivity index (χ4n) is 3.13. The highest BCUT2D eigenvalue weighted by atomic mass is 32.2. The zero-order chi connectivity index (χ0) is 17.6. The number of aliphatic carboxylic acids is 1. The van der Waals surface area contributed by atoms with Gasteiger partial charge in [0.25, 0.3) is 0 Å². The highest BCUT2D eigenvalue weighted by Crippen LogP contribution is 2.50. The van der Waals surface area contributed by atoms with Crippen LogP contribution in [0.15, 0.2) is 0 Å². The molecule has 1 aliphatic carbocycles. The first-order chi connectivity index (χ1) is 10.3. The second kappa shape index (κ2) is 5.64. The number of carbonyl (C=O) groups excluding carboxylic acids is 1. The molecule has 0 bridgehead atoms. The summed E-state index contributed by atoms with van der Waals surface area (Å²) in [6.45, 7) is -1.18. The molecular formula is C13H18F3NO5S. The van der Waals surface area contributed by atoms with Gasteiger partial charge in [-0.05, 0) is 18.3 Å². The normalized spacial score (nSPS) is 27.0. The SMILES string of the molecule is CS(=O)(=O)CC1(CC(=O)N2C[C@@H](C(F)(F)F)[C@H](C(=O)O)C2)CC1. The van der Waals surface area contributed by atoms with Crippen LogP contribution in [0.2, 0.25) is 0 Å². The molecule has 1 saturated carbocycles. The summed E-state index contributed by atoms with van der Waals surface area (Å²) < 4.78 is 61.4. The van der Waals surface area contributed by atoms with Crippen LogP contribution in [0, 0.1) is 17.3 Å². The Morgan fingerprint density at radius 1 is 1.26 bits per heavy atom. The van der Waals surface area contributed by atoms with E-state index in [2.05, 4.69) is 0 Å².